The van der Waals surface area contributed by atoms with Gasteiger partial charge in [0, 0.05) is 5.39 Å². The summed E-state index contributed by atoms with van der Waals surface area (Å²) < 4.78 is 11.1. The van der Waals surface area contributed by atoms with E-state index in [4.69, 9.17) is 9.15 Å². The van der Waals surface area contributed by atoms with Crippen LogP contribution in [-0.2, 0) is 12.8 Å². The molecule has 0 aliphatic heterocycles. The van der Waals surface area contributed by atoms with Gasteiger partial charge in [0.1, 0.15) is 0 Å². The van der Waals surface area contributed by atoms with Crippen molar-refractivity contribution in [1.29, 1.82) is 0 Å². The average molecular weight is 363 g/mol. The summed E-state index contributed by atoms with van der Waals surface area (Å²) >= 11 is 0. The topological polar surface area (TPSA) is 51.5 Å². The van der Waals surface area contributed by atoms with E-state index >= 15 is 0 Å². The molecule has 0 spiro atoms. The Morgan fingerprint density at radius 3 is 2.74 bits per heavy atom. The van der Waals surface area contributed by atoms with Gasteiger partial charge in [0.25, 0.3) is 5.91 Å². The van der Waals surface area contributed by atoms with Gasteiger partial charge in [-0.25, -0.2) is 0 Å². The quantitative estimate of drug-likeness (QED) is 0.678. The smallest absolute Gasteiger partial charge is 0.287 e. The van der Waals surface area contributed by atoms with Gasteiger partial charge in [-0.15, -0.1) is 0 Å². The highest BCUT2D eigenvalue weighted by molar-refractivity contribution is 5.97. The van der Waals surface area contributed by atoms with Gasteiger partial charge in [0.05, 0.1) is 13.2 Å². The van der Waals surface area contributed by atoms with Crippen LogP contribution in [0, 0.1) is 0 Å². The molecule has 0 fully saturated rings. The van der Waals surface area contributed by atoms with Crippen molar-refractivity contribution in [3.8, 4) is 5.75 Å². The number of para-hydroxylation sites is 1. The molecule has 3 aromatic rings. The molecule has 140 valence electrons. The van der Waals surface area contributed by atoms with E-state index in [1.54, 1.807) is 13.2 Å². The molecule has 1 aliphatic carbocycles. The molecule has 4 heteroatoms. The third kappa shape index (κ3) is 3.44. The Bertz CT molecular complexity index is 973. The van der Waals surface area contributed by atoms with Gasteiger partial charge in [-0.05, 0) is 60.9 Å². The van der Waals surface area contributed by atoms with Gasteiger partial charge in [-0.2, -0.15) is 0 Å². The van der Waals surface area contributed by atoms with Crippen molar-refractivity contribution >= 4 is 16.9 Å². The van der Waals surface area contributed by atoms with Crippen LogP contribution < -0.4 is 10.1 Å². The molecule has 0 saturated heterocycles. The zero-order chi connectivity index (χ0) is 18.8. The maximum Gasteiger partial charge on any atom is 0.287 e. The van der Waals surface area contributed by atoms with Crippen LogP contribution in [0.1, 0.15) is 59.5 Å². The fourth-order valence-electron chi connectivity index (χ4n) is 3.93. The van der Waals surface area contributed by atoms with E-state index in [9.17, 15) is 4.79 Å². The number of fused-ring (bicyclic) bond motifs is 2. The Kier molecular flexibility index (Phi) is 4.88. The van der Waals surface area contributed by atoms with Gasteiger partial charge in [0.2, 0.25) is 0 Å². The van der Waals surface area contributed by atoms with Gasteiger partial charge < -0.3 is 14.5 Å². The second kappa shape index (κ2) is 7.47. The molecule has 1 atom stereocenters. The summed E-state index contributed by atoms with van der Waals surface area (Å²) in [5.41, 5.74) is 4.66. The maximum atomic E-state index is 12.8. The van der Waals surface area contributed by atoms with Gasteiger partial charge in [0.15, 0.2) is 17.1 Å². The van der Waals surface area contributed by atoms with E-state index in [1.807, 2.05) is 18.2 Å². The van der Waals surface area contributed by atoms with Gasteiger partial charge in [-0.3, -0.25) is 4.79 Å². The first-order valence-corrected chi connectivity index (χ1v) is 9.68. The third-order valence-corrected chi connectivity index (χ3v) is 5.44. The zero-order valence-corrected chi connectivity index (χ0v) is 15.9. The minimum atomic E-state index is -0.196. The fourth-order valence-corrected chi connectivity index (χ4v) is 3.93. The zero-order valence-electron chi connectivity index (χ0n) is 15.9. The Labute approximate surface area is 159 Å². The number of nitrogens with one attached hydrogen (secondary N) is 1. The predicted octanol–water partition coefficient (Wildman–Crippen LogP) is 5.20. The largest absolute Gasteiger partial charge is 0.493 e. The Morgan fingerprint density at radius 1 is 1.15 bits per heavy atom. The van der Waals surface area contributed by atoms with Gasteiger partial charge in [-0.1, -0.05) is 37.3 Å². The molecule has 27 heavy (non-hydrogen) atoms. The average Bonchev–Trinajstić information content (AvgIpc) is 3.16. The lowest BCUT2D eigenvalue weighted by Crippen LogP contribution is -2.28. The van der Waals surface area contributed by atoms with E-state index < -0.39 is 0 Å². The van der Waals surface area contributed by atoms with E-state index in [1.165, 1.54) is 36.0 Å². The first-order valence-electron chi connectivity index (χ1n) is 9.68. The summed E-state index contributed by atoms with van der Waals surface area (Å²) in [4.78, 5) is 12.8. The first-order chi connectivity index (χ1) is 13.2. The summed E-state index contributed by atoms with van der Waals surface area (Å²) in [5, 5.41) is 3.99. The summed E-state index contributed by atoms with van der Waals surface area (Å²) in [6.07, 6.45) is 5.65. The summed E-state index contributed by atoms with van der Waals surface area (Å²) in [6.45, 7) is 2.09. The lowest BCUT2D eigenvalue weighted by molar-refractivity contribution is 0.0909. The molecule has 1 amide bonds. The number of amides is 1. The van der Waals surface area contributed by atoms with Crippen LogP contribution in [0.2, 0.25) is 0 Å². The molecule has 1 N–H and O–H groups in total. The highest BCUT2D eigenvalue weighted by atomic mass is 16.5. The van der Waals surface area contributed by atoms with Crippen LogP contribution in [0.15, 0.2) is 46.9 Å². The summed E-state index contributed by atoms with van der Waals surface area (Å²) in [6, 6.07) is 14.0. The fraction of sp³-hybridized carbons (Fsp3) is 0.348. The summed E-state index contributed by atoms with van der Waals surface area (Å²) in [5.74, 6) is 0.747. The van der Waals surface area contributed by atoms with Crippen molar-refractivity contribution in [3.05, 3.63) is 64.9 Å². The number of hydrogen-bond donors (Lipinski definition) is 1. The lowest BCUT2D eigenvalue weighted by atomic mass is 9.89. The minimum Gasteiger partial charge on any atom is -0.493 e. The Morgan fingerprint density at radius 2 is 1.96 bits per heavy atom. The highest BCUT2D eigenvalue weighted by Gasteiger charge is 2.20. The molecule has 0 radical (unpaired) electrons. The standard InChI is InChI=1S/C23H25NO3/c1-3-19(17-12-11-15-7-4-5-8-16(15)13-17)24-23(25)21-14-18-9-6-10-20(26-2)22(18)27-21/h6,9-14,19H,3-5,7-8H2,1-2H3,(H,24,25). The van der Waals surface area contributed by atoms with Crippen LogP contribution in [0.25, 0.3) is 11.0 Å². The molecule has 4 rings (SSSR count). The van der Waals surface area contributed by atoms with E-state index in [0.29, 0.717) is 17.1 Å². The monoisotopic (exact) mass is 363 g/mol. The maximum absolute atomic E-state index is 12.8. The molecular weight excluding hydrogens is 338 g/mol. The van der Waals surface area contributed by atoms with Crippen molar-refractivity contribution in [2.75, 3.05) is 7.11 Å². The SMILES string of the molecule is CCC(NC(=O)c1cc2cccc(OC)c2o1)c1ccc2c(c1)CCCC2. The number of aryl methyl sites for hydroxylation is 2. The Hall–Kier alpha value is -2.75. The number of furan rings is 1. The lowest BCUT2D eigenvalue weighted by Gasteiger charge is -2.21. The summed E-state index contributed by atoms with van der Waals surface area (Å²) in [7, 11) is 1.60. The van der Waals surface area contributed by atoms with E-state index in [0.717, 1.165) is 18.2 Å². The number of carbonyl (C=O) groups excluding carboxylic acids is 1. The number of ether oxygens (including phenoxy) is 1. The number of methoxy groups -OCH3 is 1. The molecule has 2 aromatic carbocycles. The number of hydrogen-bond acceptors (Lipinski definition) is 3. The van der Waals surface area contributed by atoms with Crippen LogP contribution in [0.4, 0.5) is 0 Å². The highest BCUT2D eigenvalue weighted by Crippen LogP contribution is 2.30. The molecule has 0 bridgehead atoms. The number of benzene rings is 2. The second-order valence-corrected chi connectivity index (χ2v) is 7.16. The molecular formula is C23H25NO3. The van der Waals surface area contributed by atoms with Crippen molar-refractivity contribution in [2.45, 2.75) is 45.1 Å². The normalized spacial score (nSPS) is 14.6. The minimum absolute atomic E-state index is 0.0279. The van der Waals surface area contributed by atoms with Crippen molar-refractivity contribution in [3.63, 3.8) is 0 Å². The van der Waals surface area contributed by atoms with Crippen molar-refractivity contribution in [2.24, 2.45) is 0 Å². The molecule has 1 unspecified atom stereocenters. The van der Waals surface area contributed by atoms with E-state index in [2.05, 4.69) is 30.4 Å². The molecule has 0 saturated carbocycles. The van der Waals surface area contributed by atoms with Crippen molar-refractivity contribution in [1.82, 2.24) is 5.32 Å². The number of rotatable bonds is 5. The third-order valence-electron chi connectivity index (χ3n) is 5.44. The van der Waals surface area contributed by atoms with Crippen molar-refractivity contribution < 1.29 is 13.9 Å². The molecule has 1 aromatic heterocycles. The van der Waals surface area contributed by atoms with E-state index in [-0.39, 0.29) is 11.9 Å². The van der Waals surface area contributed by atoms with Gasteiger partial charge >= 0.3 is 0 Å². The van der Waals surface area contributed by atoms with Crippen LogP contribution >= 0.6 is 0 Å². The molecule has 1 aliphatic rings. The van der Waals surface area contributed by atoms with Crippen LogP contribution in [-0.4, -0.2) is 13.0 Å². The van der Waals surface area contributed by atoms with Crippen LogP contribution in [0.3, 0.4) is 0 Å². The first kappa shape index (κ1) is 17.7. The molecule has 1 heterocycles. The second-order valence-electron chi connectivity index (χ2n) is 7.16. The molecule has 4 nitrogen and oxygen atoms in total. The number of carbonyl (C=O) groups is 1. The van der Waals surface area contributed by atoms with Crippen LogP contribution in [0.5, 0.6) is 5.75 Å². The predicted molar refractivity (Wildman–Crippen MR) is 106 cm³/mol. The Balaban J connectivity index is 1.57.